The van der Waals surface area contributed by atoms with Gasteiger partial charge in [0.25, 0.3) is 5.91 Å². The van der Waals surface area contributed by atoms with E-state index in [1.54, 1.807) is 0 Å². The topological polar surface area (TPSA) is 34.0 Å². The van der Waals surface area contributed by atoms with Crippen LogP contribution in [0.1, 0.15) is 83.4 Å². The van der Waals surface area contributed by atoms with Crippen molar-refractivity contribution in [3.05, 3.63) is 106 Å². The predicted octanol–water partition coefficient (Wildman–Crippen LogP) is 8.08. The molecule has 0 aliphatic heterocycles. The molecule has 3 heteroatoms. The molecule has 0 unspecified atom stereocenters. The first kappa shape index (κ1) is 25.8. The summed E-state index contributed by atoms with van der Waals surface area (Å²) in [5.74, 6) is 0.501. The zero-order valence-corrected chi connectivity index (χ0v) is 22.7. The number of aromatic nitrogens is 1. The quantitative estimate of drug-likeness (QED) is 0.258. The lowest BCUT2D eigenvalue weighted by atomic mass is 9.93. The molecule has 1 N–H and O–H groups in total. The van der Waals surface area contributed by atoms with Crippen molar-refractivity contribution in [3.8, 4) is 0 Å². The van der Waals surface area contributed by atoms with Gasteiger partial charge in [-0.1, -0.05) is 86.8 Å². The van der Waals surface area contributed by atoms with Gasteiger partial charge in [-0.15, -0.1) is 0 Å². The Morgan fingerprint density at radius 2 is 1.67 bits per heavy atom. The number of para-hydroxylation sites is 1. The average Bonchev–Trinajstić information content (AvgIpc) is 3.14. The van der Waals surface area contributed by atoms with Crippen LogP contribution in [0.2, 0.25) is 0 Å². The fraction of sp³-hybridized carbons (Fsp3) is 0.364. The largest absolute Gasteiger partial charge is 0.345 e. The summed E-state index contributed by atoms with van der Waals surface area (Å²) in [6.45, 7) is 13.8. The molecule has 1 atom stereocenters. The van der Waals surface area contributed by atoms with E-state index < -0.39 is 0 Å². The van der Waals surface area contributed by atoms with Crippen molar-refractivity contribution >= 4 is 16.8 Å². The van der Waals surface area contributed by atoms with Crippen LogP contribution < -0.4 is 5.32 Å². The third kappa shape index (κ3) is 5.90. The zero-order chi connectivity index (χ0) is 25.8. The van der Waals surface area contributed by atoms with Crippen molar-refractivity contribution < 1.29 is 4.79 Å². The predicted molar refractivity (Wildman–Crippen MR) is 152 cm³/mol. The van der Waals surface area contributed by atoms with E-state index in [0.717, 1.165) is 42.5 Å². The average molecular weight is 481 g/mol. The lowest BCUT2D eigenvalue weighted by Gasteiger charge is -2.23. The molecule has 0 aliphatic carbocycles. The molecule has 1 aromatic heterocycles. The molecule has 4 aromatic rings. The minimum atomic E-state index is -0.00900. The van der Waals surface area contributed by atoms with E-state index in [2.05, 4.69) is 118 Å². The van der Waals surface area contributed by atoms with Gasteiger partial charge in [-0.3, -0.25) is 4.79 Å². The van der Waals surface area contributed by atoms with Gasteiger partial charge in [0.2, 0.25) is 0 Å². The Bertz CT molecular complexity index is 1340. The second-order valence-corrected chi connectivity index (χ2v) is 10.8. The Labute approximate surface area is 216 Å². The molecule has 3 aromatic carbocycles. The molecule has 0 fully saturated rings. The van der Waals surface area contributed by atoms with Crippen LogP contribution in [-0.4, -0.2) is 10.5 Å². The summed E-state index contributed by atoms with van der Waals surface area (Å²) in [5, 5.41) is 4.69. The normalized spacial score (nSPS) is 12.3. The van der Waals surface area contributed by atoms with Crippen LogP contribution in [0.4, 0.5) is 0 Å². The standard InChI is InChI=1S/C33H40N2O/c1-7-10-27-14-13-26(21-35-20-25(6)29-11-8-9-12-32(29)35)19-30(27)33(36)34-31(15-22(2)3)28-17-23(4)16-24(5)18-28/h8-9,11-14,16-20,22,31H,7,10,15,21H2,1-6H3,(H,34,36)/t31-/m1/s1. The molecule has 4 rings (SSSR count). The monoisotopic (exact) mass is 480 g/mol. The van der Waals surface area contributed by atoms with Gasteiger partial charge in [0.05, 0.1) is 6.04 Å². The first-order valence-electron chi connectivity index (χ1n) is 13.3. The van der Waals surface area contributed by atoms with Gasteiger partial charge in [-0.25, -0.2) is 0 Å². The van der Waals surface area contributed by atoms with Gasteiger partial charge < -0.3 is 9.88 Å². The van der Waals surface area contributed by atoms with Crippen LogP contribution in [0.5, 0.6) is 0 Å². The van der Waals surface area contributed by atoms with Crippen LogP contribution >= 0.6 is 0 Å². The summed E-state index contributed by atoms with van der Waals surface area (Å²) in [4.78, 5) is 13.8. The van der Waals surface area contributed by atoms with Crippen LogP contribution in [0.25, 0.3) is 10.9 Å². The lowest BCUT2D eigenvalue weighted by Crippen LogP contribution is -2.30. The number of benzene rings is 3. The summed E-state index contributed by atoms with van der Waals surface area (Å²) in [6.07, 6.45) is 5.02. The zero-order valence-electron chi connectivity index (χ0n) is 22.7. The highest BCUT2D eigenvalue weighted by molar-refractivity contribution is 5.96. The number of carbonyl (C=O) groups is 1. The van der Waals surface area contributed by atoms with E-state index in [9.17, 15) is 4.79 Å². The van der Waals surface area contributed by atoms with Gasteiger partial charge in [0, 0.05) is 29.2 Å². The van der Waals surface area contributed by atoms with Crippen molar-refractivity contribution in [2.24, 2.45) is 5.92 Å². The Morgan fingerprint density at radius 3 is 2.36 bits per heavy atom. The van der Waals surface area contributed by atoms with Gasteiger partial charge in [-0.2, -0.15) is 0 Å². The Kier molecular flexibility index (Phi) is 7.98. The van der Waals surface area contributed by atoms with E-state index >= 15 is 0 Å². The molecular formula is C33H40N2O. The molecule has 0 saturated carbocycles. The van der Waals surface area contributed by atoms with Gasteiger partial charge in [0.1, 0.15) is 0 Å². The second kappa shape index (κ2) is 11.2. The van der Waals surface area contributed by atoms with Crippen molar-refractivity contribution in [2.75, 3.05) is 0 Å². The maximum Gasteiger partial charge on any atom is 0.252 e. The number of nitrogens with zero attached hydrogens (tertiary/aromatic N) is 1. The molecule has 0 spiro atoms. The molecule has 0 saturated heterocycles. The highest BCUT2D eigenvalue weighted by Crippen LogP contribution is 2.26. The second-order valence-electron chi connectivity index (χ2n) is 10.8. The lowest BCUT2D eigenvalue weighted by molar-refractivity contribution is 0.0931. The Hall–Kier alpha value is -3.33. The van der Waals surface area contributed by atoms with E-state index in [-0.39, 0.29) is 11.9 Å². The smallest absolute Gasteiger partial charge is 0.252 e. The molecule has 0 aliphatic rings. The van der Waals surface area contributed by atoms with E-state index in [1.807, 2.05) is 0 Å². The van der Waals surface area contributed by atoms with E-state index in [0.29, 0.717) is 5.92 Å². The first-order valence-corrected chi connectivity index (χ1v) is 13.3. The highest BCUT2D eigenvalue weighted by Gasteiger charge is 2.20. The number of hydrogen-bond acceptors (Lipinski definition) is 1. The summed E-state index contributed by atoms with van der Waals surface area (Å²) in [6, 6.07) is 21.6. The molecule has 188 valence electrons. The number of fused-ring (bicyclic) bond motifs is 1. The Balaban J connectivity index is 1.66. The molecule has 1 amide bonds. The van der Waals surface area contributed by atoms with E-state index in [4.69, 9.17) is 0 Å². The molecule has 0 bridgehead atoms. The number of carbonyl (C=O) groups excluding carboxylic acids is 1. The summed E-state index contributed by atoms with van der Waals surface area (Å²) in [7, 11) is 0. The SMILES string of the molecule is CCCc1ccc(Cn2cc(C)c3ccccc32)cc1C(=O)N[C@H](CC(C)C)c1cc(C)cc(C)c1. The number of hydrogen-bond donors (Lipinski definition) is 1. The maximum atomic E-state index is 13.8. The van der Waals surface area contributed by atoms with E-state index in [1.165, 1.54) is 33.2 Å². The summed E-state index contributed by atoms with van der Waals surface area (Å²) < 4.78 is 2.29. The van der Waals surface area contributed by atoms with Crippen LogP contribution in [0.15, 0.2) is 66.9 Å². The van der Waals surface area contributed by atoms with Crippen molar-refractivity contribution in [1.82, 2.24) is 9.88 Å². The minimum absolute atomic E-state index is 0.00900. The molecule has 0 radical (unpaired) electrons. The fourth-order valence-corrected chi connectivity index (χ4v) is 5.38. The fourth-order valence-electron chi connectivity index (χ4n) is 5.38. The number of amides is 1. The summed E-state index contributed by atoms with van der Waals surface area (Å²) in [5.41, 5.74) is 9.23. The number of nitrogens with one attached hydrogen (secondary N) is 1. The minimum Gasteiger partial charge on any atom is -0.345 e. The molecule has 3 nitrogen and oxygen atoms in total. The molecule has 36 heavy (non-hydrogen) atoms. The van der Waals surface area contributed by atoms with Crippen LogP contribution in [0.3, 0.4) is 0 Å². The Morgan fingerprint density at radius 1 is 0.944 bits per heavy atom. The molecular weight excluding hydrogens is 440 g/mol. The van der Waals surface area contributed by atoms with Crippen LogP contribution in [-0.2, 0) is 13.0 Å². The number of rotatable bonds is 9. The van der Waals surface area contributed by atoms with Crippen molar-refractivity contribution in [2.45, 2.75) is 73.4 Å². The molecule has 1 heterocycles. The van der Waals surface area contributed by atoms with Crippen LogP contribution in [0, 0.1) is 26.7 Å². The van der Waals surface area contributed by atoms with Gasteiger partial charge in [0.15, 0.2) is 0 Å². The third-order valence-electron chi connectivity index (χ3n) is 6.94. The summed E-state index contributed by atoms with van der Waals surface area (Å²) >= 11 is 0. The van der Waals surface area contributed by atoms with Gasteiger partial charge >= 0.3 is 0 Å². The first-order chi connectivity index (χ1) is 17.2. The van der Waals surface area contributed by atoms with Gasteiger partial charge in [-0.05, 0) is 73.9 Å². The third-order valence-corrected chi connectivity index (χ3v) is 6.94. The maximum absolute atomic E-state index is 13.8. The van der Waals surface area contributed by atoms with Crippen molar-refractivity contribution in [1.29, 1.82) is 0 Å². The van der Waals surface area contributed by atoms with Crippen molar-refractivity contribution in [3.63, 3.8) is 0 Å². The highest BCUT2D eigenvalue weighted by atomic mass is 16.1. The number of aryl methyl sites for hydroxylation is 4.